The molecule has 0 aliphatic rings. The molecule has 20 rings (SSSR count). The van der Waals surface area contributed by atoms with Gasteiger partial charge in [-0.2, -0.15) is 0 Å². The van der Waals surface area contributed by atoms with Gasteiger partial charge in [-0.3, -0.25) is 0 Å². The fourth-order valence-corrected chi connectivity index (χ4v) is 15.4. The minimum Gasteiger partial charge on any atom is -0.456 e. The Labute approximate surface area is 586 Å². The molecule has 16 aromatic carbocycles. The lowest BCUT2D eigenvalue weighted by Gasteiger charge is -2.10. The second-order valence-corrected chi connectivity index (χ2v) is 26.8. The fraction of sp³-hybridized carbons (Fsp3) is 0. The summed E-state index contributed by atoms with van der Waals surface area (Å²) in [6, 6.07) is 127. The monoisotopic (exact) mass is 1320 g/mol. The van der Waals surface area contributed by atoms with E-state index in [0.29, 0.717) is 0 Å². The predicted molar refractivity (Wildman–Crippen MR) is 431 cm³/mol. The Morgan fingerprint density at radius 2 is 0.510 bits per heavy atom. The van der Waals surface area contributed by atoms with Crippen LogP contribution < -0.4 is 21.3 Å². The van der Waals surface area contributed by atoms with Gasteiger partial charge in [-0.25, -0.2) is 0 Å². The molecule has 0 saturated heterocycles. The molecule has 4 heterocycles. The van der Waals surface area contributed by atoms with Crippen LogP contribution in [0.3, 0.4) is 0 Å². The molecule has 0 radical (unpaired) electrons. The maximum absolute atomic E-state index is 5.92. The number of hydrogen-bond acceptors (Lipinski definition) is 8. The van der Waals surface area contributed by atoms with E-state index in [0.717, 1.165) is 89.4 Å². The minimum absolute atomic E-state index is 0.916. The molecule has 4 aromatic heterocycles. The highest BCUT2D eigenvalue weighted by molar-refractivity contribution is 7.26. The van der Waals surface area contributed by atoms with Crippen molar-refractivity contribution < 1.29 is 8.83 Å². The van der Waals surface area contributed by atoms with Gasteiger partial charge >= 0.3 is 0 Å². The van der Waals surface area contributed by atoms with Gasteiger partial charge in [0.1, 0.15) is 22.3 Å². The third kappa shape index (κ3) is 12.8. The lowest BCUT2D eigenvalue weighted by atomic mass is 10.0. The quantitative estimate of drug-likeness (QED) is 0.109. The summed E-state index contributed by atoms with van der Waals surface area (Å²) in [6.07, 6.45) is 0. The van der Waals surface area contributed by atoms with E-state index in [1.54, 1.807) is 0 Å². The average molecular weight is 1320 g/mol. The zero-order valence-corrected chi connectivity index (χ0v) is 55.9. The molecule has 0 spiro atoms. The summed E-state index contributed by atoms with van der Waals surface area (Å²) in [4.78, 5) is 0. The molecule has 0 amide bonds. The van der Waals surface area contributed by atoms with Crippen molar-refractivity contribution in [1.82, 2.24) is 0 Å². The third-order valence-electron chi connectivity index (χ3n) is 18.2. The number of thiophene rings is 2. The van der Waals surface area contributed by atoms with Crippen LogP contribution in [0.5, 0.6) is 0 Å². The molecular weight excluding hydrogens is 1260 g/mol. The molecule has 100 heavy (non-hydrogen) atoms. The zero-order valence-electron chi connectivity index (χ0n) is 54.3. The smallest absolute Gasteiger partial charge is 0.135 e. The summed E-state index contributed by atoms with van der Waals surface area (Å²) < 4.78 is 17.2. The number of fused-ring (bicyclic) bond motifs is 14. The summed E-state index contributed by atoms with van der Waals surface area (Å²) in [7, 11) is 0. The second kappa shape index (κ2) is 27.4. The molecule has 0 unspecified atom stereocenters. The lowest BCUT2D eigenvalue weighted by molar-refractivity contribution is 0.668. The van der Waals surface area contributed by atoms with Gasteiger partial charge in [-0.1, -0.05) is 224 Å². The Morgan fingerprint density at radius 1 is 0.180 bits per heavy atom. The molecule has 0 atom stereocenters. The molecule has 0 aliphatic heterocycles. The van der Waals surface area contributed by atoms with Crippen LogP contribution in [0, 0.1) is 0 Å². The van der Waals surface area contributed by atoms with Crippen LogP contribution in [-0.2, 0) is 0 Å². The van der Waals surface area contributed by atoms with Crippen LogP contribution in [0.1, 0.15) is 0 Å². The SMILES string of the molecule is c1ccc(-c2ccc(Nc3ccc4sc5ccccc5c4c3)cc2)cc1.c1ccc(Nc2ccc(-c3ccc4oc5ccccc5c4c3)cc2)cc1.c1ccc2c(Nc3ccc4oc5ccccc5c4c3)cccc2c1.c1ccc2c(Nc3ccc4sc5ccccc5c4c3)cccc2c1. The van der Waals surface area contributed by atoms with E-state index >= 15 is 0 Å². The van der Waals surface area contributed by atoms with Crippen LogP contribution in [0.25, 0.3) is 128 Å². The maximum Gasteiger partial charge on any atom is 0.135 e. The topological polar surface area (TPSA) is 74.4 Å². The van der Waals surface area contributed by atoms with E-state index < -0.39 is 0 Å². The number of hydrogen-bond donors (Lipinski definition) is 4. The van der Waals surface area contributed by atoms with Crippen LogP contribution in [0.15, 0.2) is 373 Å². The van der Waals surface area contributed by atoms with E-state index in [1.165, 1.54) is 84.1 Å². The van der Waals surface area contributed by atoms with Crippen LogP contribution >= 0.6 is 22.7 Å². The minimum atomic E-state index is 0.916. The predicted octanol–water partition coefficient (Wildman–Crippen LogP) is 27.9. The molecule has 0 fully saturated rings. The molecule has 20 aromatic rings. The fourth-order valence-electron chi connectivity index (χ4n) is 13.3. The maximum atomic E-state index is 5.92. The standard InChI is InChI=1S/C24H17NO.C24H17NS.C22H15NO.C22H15NS/c1-2-6-19(7-3-1)25-20-13-10-17(11-14-20)18-12-15-24-22(16-18)21-8-4-5-9-23(21)26-24;1-2-6-17(7-3-1)18-10-12-19(13-11-18)25-20-14-15-24-22(16-20)21-8-4-5-9-23(21)26-24;2*1-2-8-17-15(6-1)7-5-10-20(17)23-16-12-13-22-19(14-16)18-9-3-4-11-21(18)24-22/h2*1-16,25H;2*1-14,23H. The summed E-state index contributed by atoms with van der Waals surface area (Å²) in [6.45, 7) is 0. The number of benzene rings is 16. The second-order valence-electron chi connectivity index (χ2n) is 24.7. The summed E-state index contributed by atoms with van der Waals surface area (Å²) in [5.41, 5.74) is 17.4. The van der Waals surface area contributed by atoms with Gasteiger partial charge in [0.2, 0.25) is 0 Å². The Bertz CT molecular complexity index is 6090. The number of furan rings is 2. The number of anilines is 8. The van der Waals surface area contributed by atoms with Crippen molar-refractivity contribution in [2.24, 2.45) is 0 Å². The molecule has 0 saturated carbocycles. The first kappa shape index (κ1) is 60.9. The third-order valence-corrected chi connectivity index (χ3v) is 20.5. The van der Waals surface area contributed by atoms with Gasteiger partial charge < -0.3 is 30.1 Å². The number of para-hydroxylation sites is 3. The lowest BCUT2D eigenvalue weighted by Crippen LogP contribution is -1.91. The number of nitrogens with one attached hydrogen (secondary N) is 4. The first-order valence-corrected chi connectivity index (χ1v) is 35.1. The van der Waals surface area contributed by atoms with E-state index in [1.807, 2.05) is 89.4 Å². The van der Waals surface area contributed by atoms with E-state index in [2.05, 4.69) is 319 Å². The van der Waals surface area contributed by atoms with E-state index in [-0.39, 0.29) is 0 Å². The molecule has 0 aliphatic carbocycles. The van der Waals surface area contributed by atoms with Gasteiger partial charge in [0.15, 0.2) is 0 Å². The van der Waals surface area contributed by atoms with Crippen LogP contribution in [0.4, 0.5) is 45.5 Å². The Kier molecular flexibility index (Phi) is 16.7. The van der Waals surface area contributed by atoms with Gasteiger partial charge in [-0.05, 0) is 173 Å². The highest BCUT2D eigenvalue weighted by Gasteiger charge is 2.13. The van der Waals surface area contributed by atoms with Crippen molar-refractivity contribution in [2.45, 2.75) is 0 Å². The highest BCUT2D eigenvalue weighted by Crippen LogP contribution is 2.40. The van der Waals surface area contributed by atoms with Gasteiger partial charge in [0.25, 0.3) is 0 Å². The highest BCUT2D eigenvalue weighted by atomic mass is 32.1. The first-order valence-electron chi connectivity index (χ1n) is 33.5. The van der Waals surface area contributed by atoms with Crippen molar-refractivity contribution in [3.63, 3.8) is 0 Å². The van der Waals surface area contributed by atoms with Crippen molar-refractivity contribution >= 4 is 174 Å². The summed E-state index contributed by atoms with van der Waals surface area (Å²) in [5.74, 6) is 0. The van der Waals surface area contributed by atoms with Crippen molar-refractivity contribution in [2.75, 3.05) is 21.3 Å². The molecule has 4 N–H and O–H groups in total. The van der Waals surface area contributed by atoms with Crippen molar-refractivity contribution in [3.8, 4) is 22.3 Å². The molecule has 6 nitrogen and oxygen atoms in total. The Balaban J connectivity index is 0.0000000997. The molecule has 476 valence electrons. The van der Waals surface area contributed by atoms with Crippen LogP contribution in [-0.4, -0.2) is 0 Å². The van der Waals surface area contributed by atoms with Gasteiger partial charge in [-0.15, -0.1) is 22.7 Å². The van der Waals surface area contributed by atoms with E-state index in [9.17, 15) is 0 Å². The van der Waals surface area contributed by atoms with E-state index in [4.69, 9.17) is 8.83 Å². The molecular formula is C92H64N4O2S2. The zero-order chi connectivity index (χ0) is 66.6. The number of rotatable bonds is 10. The van der Waals surface area contributed by atoms with Gasteiger partial charge in [0.05, 0.1) is 0 Å². The van der Waals surface area contributed by atoms with Gasteiger partial charge in [0, 0.05) is 118 Å². The summed E-state index contributed by atoms with van der Waals surface area (Å²) >= 11 is 3.70. The average Bonchev–Trinajstić information content (AvgIpc) is 1.63. The first-order chi connectivity index (χ1) is 49.5. The normalized spacial score (nSPS) is 11.2. The van der Waals surface area contributed by atoms with Crippen molar-refractivity contribution in [3.05, 3.63) is 364 Å². The van der Waals surface area contributed by atoms with Crippen molar-refractivity contribution in [1.29, 1.82) is 0 Å². The largest absolute Gasteiger partial charge is 0.456 e. The Hall–Kier alpha value is -12.7. The molecule has 0 bridgehead atoms. The molecule has 8 heteroatoms. The Morgan fingerprint density at radius 3 is 1.05 bits per heavy atom. The van der Waals surface area contributed by atoms with Crippen LogP contribution in [0.2, 0.25) is 0 Å². The summed E-state index contributed by atoms with van der Waals surface area (Å²) in [5, 5.41) is 29.0.